The second-order valence-corrected chi connectivity index (χ2v) is 2.18. The highest BCUT2D eigenvalue weighted by molar-refractivity contribution is 5.57. The number of aromatic nitrogens is 1. The van der Waals surface area contributed by atoms with Crippen LogP contribution in [0.1, 0.15) is 12.5 Å². The lowest BCUT2D eigenvalue weighted by molar-refractivity contribution is 0.344. The van der Waals surface area contributed by atoms with Crippen LogP contribution in [0.4, 0.5) is 5.82 Å². The SMILES string of the molecule is CCOC=Nc1ncccc1C#N. The molecule has 0 spiro atoms. The smallest absolute Gasteiger partial charge is 0.176 e. The molecule has 0 N–H and O–H groups in total. The van der Waals surface area contributed by atoms with Crippen molar-refractivity contribution in [2.45, 2.75) is 6.92 Å². The van der Waals surface area contributed by atoms with Gasteiger partial charge < -0.3 is 4.74 Å². The van der Waals surface area contributed by atoms with Gasteiger partial charge >= 0.3 is 0 Å². The Hall–Kier alpha value is -1.89. The Morgan fingerprint density at radius 3 is 3.31 bits per heavy atom. The van der Waals surface area contributed by atoms with Crippen molar-refractivity contribution in [2.75, 3.05) is 6.61 Å². The molecule has 13 heavy (non-hydrogen) atoms. The highest BCUT2D eigenvalue weighted by Gasteiger charge is 1.97. The van der Waals surface area contributed by atoms with E-state index >= 15 is 0 Å². The van der Waals surface area contributed by atoms with Gasteiger partial charge in [-0.05, 0) is 19.1 Å². The average molecular weight is 175 g/mol. The lowest BCUT2D eigenvalue weighted by atomic mass is 10.3. The zero-order valence-electron chi connectivity index (χ0n) is 7.27. The first kappa shape index (κ1) is 9.20. The second kappa shape index (κ2) is 4.88. The standard InChI is InChI=1S/C9H9N3O/c1-2-13-7-12-9-8(6-10)4-3-5-11-9/h3-5,7H,2H2,1H3. The van der Waals surface area contributed by atoms with E-state index in [2.05, 4.69) is 9.98 Å². The van der Waals surface area contributed by atoms with E-state index in [-0.39, 0.29) is 0 Å². The van der Waals surface area contributed by atoms with E-state index in [9.17, 15) is 0 Å². The van der Waals surface area contributed by atoms with Crippen LogP contribution in [0.2, 0.25) is 0 Å². The predicted octanol–water partition coefficient (Wildman–Crippen LogP) is 1.65. The van der Waals surface area contributed by atoms with E-state index in [1.165, 1.54) is 6.40 Å². The third-order valence-electron chi connectivity index (χ3n) is 1.32. The number of nitrogens with zero attached hydrogens (tertiary/aromatic N) is 3. The van der Waals surface area contributed by atoms with Gasteiger partial charge in [0.2, 0.25) is 0 Å². The fraction of sp³-hybridized carbons (Fsp3) is 0.222. The molecule has 0 saturated heterocycles. The van der Waals surface area contributed by atoms with Crippen LogP contribution in [0.25, 0.3) is 0 Å². The fourth-order valence-corrected chi connectivity index (χ4v) is 0.749. The molecular weight excluding hydrogens is 166 g/mol. The summed E-state index contributed by atoms with van der Waals surface area (Å²) in [7, 11) is 0. The van der Waals surface area contributed by atoms with Gasteiger partial charge in [0, 0.05) is 6.20 Å². The van der Waals surface area contributed by atoms with Gasteiger partial charge in [-0.25, -0.2) is 4.98 Å². The number of pyridine rings is 1. The summed E-state index contributed by atoms with van der Waals surface area (Å²) >= 11 is 0. The van der Waals surface area contributed by atoms with Gasteiger partial charge in [-0.1, -0.05) is 0 Å². The van der Waals surface area contributed by atoms with Gasteiger partial charge in [0.25, 0.3) is 0 Å². The molecule has 0 bridgehead atoms. The summed E-state index contributed by atoms with van der Waals surface area (Å²) in [4.78, 5) is 7.81. The first-order valence-electron chi connectivity index (χ1n) is 3.87. The molecule has 1 heterocycles. The molecule has 0 radical (unpaired) electrons. The van der Waals surface area contributed by atoms with Crippen LogP contribution in [0.5, 0.6) is 0 Å². The van der Waals surface area contributed by atoms with Gasteiger partial charge in [0.05, 0.1) is 12.2 Å². The molecule has 1 aromatic heterocycles. The molecule has 0 amide bonds. The Labute approximate surface area is 76.5 Å². The van der Waals surface area contributed by atoms with Crippen molar-refractivity contribution in [1.29, 1.82) is 5.26 Å². The maximum Gasteiger partial charge on any atom is 0.176 e. The largest absolute Gasteiger partial charge is 0.483 e. The lowest BCUT2D eigenvalue weighted by Gasteiger charge is -1.94. The zero-order chi connectivity index (χ0) is 9.52. The number of aliphatic imine (C=N–C) groups is 1. The molecule has 1 rings (SSSR count). The molecule has 0 atom stereocenters. The third-order valence-corrected chi connectivity index (χ3v) is 1.32. The summed E-state index contributed by atoms with van der Waals surface area (Å²) in [6.45, 7) is 2.41. The second-order valence-electron chi connectivity index (χ2n) is 2.18. The Balaban J connectivity index is 2.82. The first-order valence-corrected chi connectivity index (χ1v) is 3.87. The van der Waals surface area contributed by atoms with Gasteiger partial charge in [-0.2, -0.15) is 10.3 Å². The van der Waals surface area contributed by atoms with Gasteiger partial charge in [-0.3, -0.25) is 0 Å². The predicted molar refractivity (Wildman–Crippen MR) is 48.7 cm³/mol. The maximum absolute atomic E-state index is 8.67. The normalized spacial score (nSPS) is 9.85. The maximum atomic E-state index is 8.67. The number of hydrogen-bond acceptors (Lipinski definition) is 4. The molecule has 0 aliphatic heterocycles. The minimum absolute atomic E-state index is 0.387. The summed E-state index contributed by atoms with van der Waals surface area (Å²) < 4.78 is 4.90. The molecule has 0 aromatic carbocycles. The van der Waals surface area contributed by atoms with Crippen LogP contribution in [0.15, 0.2) is 23.3 Å². The minimum Gasteiger partial charge on any atom is -0.483 e. The summed E-state index contributed by atoms with van der Waals surface area (Å²) in [6.07, 6.45) is 2.88. The summed E-state index contributed by atoms with van der Waals surface area (Å²) in [5.74, 6) is 0.387. The van der Waals surface area contributed by atoms with Crippen LogP contribution in [0.3, 0.4) is 0 Å². The van der Waals surface area contributed by atoms with Crippen molar-refractivity contribution in [3.8, 4) is 6.07 Å². The molecule has 0 unspecified atom stereocenters. The summed E-state index contributed by atoms with van der Waals surface area (Å²) in [5, 5.41) is 8.67. The Morgan fingerprint density at radius 2 is 2.62 bits per heavy atom. The van der Waals surface area contributed by atoms with E-state index in [1.807, 2.05) is 13.0 Å². The van der Waals surface area contributed by atoms with Crippen LogP contribution in [-0.4, -0.2) is 18.0 Å². The molecule has 0 saturated carbocycles. The Kier molecular flexibility index (Phi) is 3.45. The highest BCUT2D eigenvalue weighted by Crippen LogP contribution is 2.12. The van der Waals surface area contributed by atoms with Crippen molar-refractivity contribution in [3.63, 3.8) is 0 Å². The topological polar surface area (TPSA) is 58.3 Å². The number of nitriles is 1. The van der Waals surface area contributed by atoms with E-state index in [0.29, 0.717) is 18.0 Å². The van der Waals surface area contributed by atoms with Crippen LogP contribution >= 0.6 is 0 Å². The summed E-state index contributed by atoms with van der Waals surface area (Å²) in [5.41, 5.74) is 0.443. The molecule has 0 fully saturated rings. The van der Waals surface area contributed by atoms with E-state index in [4.69, 9.17) is 10.00 Å². The van der Waals surface area contributed by atoms with Crippen molar-refractivity contribution in [1.82, 2.24) is 4.98 Å². The number of rotatable bonds is 3. The van der Waals surface area contributed by atoms with Gasteiger partial charge in [-0.15, -0.1) is 0 Å². The zero-order valence-corrected chi connectivity index (χ0v) is 7.27. The van der Waals surface area contributed by atoms with Crippen molar-refractivity contribution in [2.24, 2.45) is 4.99 Å². The van der Waals surface area contributed by atoms with E-state index in [1.54, 1.807) is 18.3 Å². The first-order chi connectivity index (χ1) is 6.38. The Morgan fingerprint density at radius 1 is 1.77 bits per heavy atom. The third kappa shape index (κ3) is 2.56. The van der Waals surface area contributed by atoms with Crippen LogP contribution in [-0.2, 0) is 4.74 Å². The monoisotopic (exact) mass is 175 g/mol. The molecule has 0 aliphatic carbocycles. The van der Waals surface area contributed by atoms with Crippen LogP contribution in [0, 0.1) is 11.3 Å². The highest BCUT2D eigenvalue weighted by atomic mass is 16.5. The minimum atomic E-state index is 0.387. The molecule has 0 aliphatic rings. The number of ether oxygens (including phenoxy) is 1. The molecule has 4 nitrogen and oxygen atoms in total. The van der Waals surface area contributed by atoms with Crippen molar-refractivity contribution >= 4 is 12.2 Å². The van der Waals surface area contributed by atoms with Gasteiger partial charge in [0.1, 0.15) is 6.07 Å². The van der Waals surface area contributed by atoms with Crippen LogP contribution < -0.4 is 0 Å². The van der Waals surface area contributed by atoms with Crippen molar-refractivity contribution < 1.29 is 4.74 Å². The fourth-order valence-electron chi connectivity index (χ4n) is 0.749. The average Bonchev–Trinajstić information content (AvgIpc) is 2.19. The number of hydrogen-bond donors (Lipinski definition) is 0. The summed E-state index contributed by atoms with van der Waals surface area (Å²) in [6, 6.07) is 5.34. The molecule has 66 valence electrons. The van der Waals surface area contributed by atoms with E-state index in [0.717, 1.165) is 0 Å². The lowest BCUT2D eigenvalue weighted by Crippen LogP contribution is -1.86. The molecule has 4 heteroatoms. The van der Waals surface area contributed by atoms with Gasteiger partial charge in [0.15, 0.2) is 12.2 Å². The molecule has 1 aromatic rings. The van der Waals surface area contributed by atoms with E-state index < -0.39 is 0 Å². The molecular formula is C9H9N3O. The quantitative estimate of drug-likeness (QED) is 0.518. The van der Waals surface area contributed by atoms with Crippen molar-refractivity contribution in [3.05, 3.63) is 23.9 Å². The Bertz CT molecular complexity index is 341.